The lowest BCUT2D eigenvalue weighted by Crippen LogP contribution is -2.38. The molecule has 1 aromatic heterocycles. The Labute approximate surface area is 226 Å². The normalized spacial score (nSPS) is 11.6. The Kier molecular flexibility index (Phi) is 7.01. The summed E-state index contributed by atoms with van der Waals surface area (Å²) in [6.45, 7) is 2.45. The van der Waals surface area contributed by atoms with Gasteiger partial charge in [-0.2, -0.15) is 0 Å². The van der Waals surface area contributed by atoms with E-state index in [0.29, 0.717) is 11.4 Å². The van der Waals surface area contributed by atoms with Crippen LogP contribution in [0.2, 0.25) is 5.02 Å². The number of amides is 1. The molecular weight excluding hydrogens is 522 g/mol. The molecule has 194 valence electrons. The van der Waals surface area contributed by atoms with Crippen molar-refractivity contribution in [2.75, 3.05) is 23.3 Å². The third-order valence-corrected chi connectivity index (χ3v) is 8.50. The molecule has 0 bridgehead atoms. The number of fused-ring (bicyclic) bond motifs is 3. The van der Waals surface area contributed by atoms with Gasteiger partial charge in [-0.3, -0.25) is 9.10 Å². The van der Waals surface area contributed by atoms with Crippen LogP contribution in [-0.2, 0) is 21.4 Å². The van der Waals surface area contributed by atoms with E-state index in [2.05, 4.69) is 28.9 Å². The molecule has 1 heterocycles. The largest absolute Gasteiger partial charge is 0.495 e. The van der Waals surface area contributed by atoms with Gasteiger partial charge in [-0.05, 0) is 61.5 Å². The molecule has 5 aromatic rings. The van der Waals surface area contributed by atoms with Crippen LogP contribution >= 0.6 is 11.6 Å². The molecule has 0 radical (unpaired) electrons. The summed E-state index contributed by atoms with van der Waals surface area (Å²) < 4.78 is 35.7. The Morgan fingerprint density at radius 1 is 0.921 bits per heavy atom. The van der Waals surface area contributed by atoms with E-state index in [0.717, 1.165) is 32.7 Å². The minimum absolute atomic E-state index is 0.0635. The third-order valence-electron chi connectivity index (χ3n) is 6.41. The van der Waals surface area contributed by atoms with Crippen LogP contribution in [0.5, 0.6) is 5.75 Å². The Morgan fingerprint density at radius 3 is 2.34 bits per heavy atom. The maximum absolute atomic E-state index is 13.6. The SMILES string of the molecule is CCn1c2ccccc2c2cc(NC(=O)CN(c3ccc(OC)c(Cl)c3)S(=O)(=O)c3ccccc3)ccc21. The number of sulfonamides is 1. The van der Waals surface area contributed by atoms with E-state index in [4.69, 9.17) is 16.3 Å². The maximum Gasteiger partial charge on any atom is 0.264 e. The first kappa shape index (κ1) is 25.6. The van der Waals surface area contributed by atoms with Crippen LogP contribution in [-0.4, -0.2) is 32.5 Å². The van der Waals surface area contributed by atoms with Crippen molar-refractivity contribution in [3.63, 3.8) is 0 Å². The van der Waals surface area contributed by atoms with Crippen molar-refractivity contribution in [2.24, 2.45) is 0 Å². The van der Waals surface area contributed by atoms with E-state index in [1.54, 1.807) is 30.3 Å². The van der Waals surface area contributed by atoms with Crippen LogP contribution in [0.3, 0.4) is 0 Å². The molecular formula is C29H26ClN3O4S. The number of aryl methyl sites for hydroxylation is 1. The number of carbonyl (C=O) groups excluding carboxylic acids is 1. The number of nitrogens with zero attached hydrogens (tertiary/aromatic N) is 2. The monoisotopic (exact) mass is 547 g/mol. The molecule has 0 atom stereocenters. The lowest BCUT2D eigenvalue weighted by Gasteiger charge is -2.24. The predicted molar refractivity (Wildman–Crippen MR) is 153 cm³/mol. The van der Waals surface area contributed by atoms with Gasteiger partial charge < -0.3 is 14.6 Å². The van der Waals surface area contributed by atoms with Gasteiger partial charge in [0.15, 0.2) is 0 Å². The van der Waals surface area contributed by atoms with Crippen molar-refractivity contribution >= 4 is 60.7 Å². The van der Waals surface area contributed by atoms with Crippen LogP contribution in [0, 0.1) is 0 Å². The average Bonchev–Trinajstić information content (AvgIpc) is 3.25. The minimum Gasteiger partial charge on any atom is -0.495 e. The summed E-state index contributed by atoms with van der Waals surface area (Å²) in [6.07, 6.45) is 0. The van der Waals surface area contributed by atoms with E-state index >= 15 is 0 Å². The number of hydrogen-bond acceptors (Lipinski definition) is 4. The Hall–Kier alpha value is -4.01. The molecule has 1 amide bonds. The molecule has 4 aromatic carbocycles. The highest BCUT2D eigenvalue weighted by molar-refractivity contribution is 7.92. The molecule has 0 fully saturated rings. The number of aromatic nitrogens is 1. The van der Waals surface area contributed by atoms with E-state index in [1.807, 2.05) is 30.3 Å². The summed E-state index contributed by atoms with van der Waals surface area (Å²) >= 11 is 6.30. The van der Waals surface area contributed by atoms with Gasteiger partial charge in [0.2, 0.25) is 5.91 Å². The fourth-order valence-electron chi connectivity index (χ4n) is 4.65. The molecule has 0 spiro atoms. The van der Waals surface area contributed by atoms with Gasteiger partial charge in [0.25, 0.3) is 10.0 Å². The van der Waals surface area contributed by atoms with Crippen molar-refractivity contribution in [1.82, 2.24) is 4.57 Å². The molecule has 0 aliphatic rings. The second-order valence-electron chi connectivity index (χ2n) is 8.69. The zero-order valence-corrected chi connectivity index (χ0v) is 22.5. The quantitative estimate of drug-likeness (QED) is 0.247. The van der Waals surface area contributed by atoms with Gasteiger partial charge in [0.05, 0.1) is 22.7 Å². The first-order chi connectivity index (χ1) is 18.3. The van der Waals surface area contributed by atoms with Crippen LogP contribution in [0.1, 0.15) is 6.92 Å². The molecule has 0 unspecified atom stereocenters. The van der Waals surface area contributed by atoms with Crippen molar-refractivity contribution in [1.29, 1.82) is 0 Å². The molecule has 9 heteroatoms. The van der Waals surface area contributed by atoms with E-state index in [9.17, 15) is 13.2 Å². The zero-order chi connectivity index (χ0) is 26.9. The molecule has 38 heavy (non-hydrogen) atoms. The van der Waals surface area contributed by atoms with Crippen LogP contribution in [0.4, 0.5) is 11.4 Å². The Balaban J connectivity index is 1.49. The summed E-state index contributed by atoms with van der Waals surface area (Å²) in [5, 5.41) is 5.20. The lowest BCUT2D eigenvalue weighted by molar-refractivity contribution is -0.114. The summed E-state index contributed by atoms with van der Waals surface area (Å²) in [6, 6.07) is 26.4. The number of nitrogens with one attached hydrogen (secondary N) is 1. The number of hydrogen-bond donors (Lipinski definition) is 1. The standard InChI is InChI=1S/C29H26ClN3O4S/c1-3-32-26-12-8-7-11-23(26)24-17-20(13-15-27(24)32)31-29(34)19-33(21-14-16-28(37-2)25(30)18-21)38(35,36)22-9-5-4-6-10-22/h4-18H,3,19H2,1-2H3,(H,31,34). The second-order valence-corrected chi connectivity index (χ2v) is 11.0. The first-order valence-corrected chi connectivity index (χ1v) is 13.9. The summed E-state index contributed by atoms with van der Waals surface area (Å²) in [7, 11) is -2.60. The highest BCUT2D eigenvalue weighted by atomic mass is 35.5. The van der Waals surface area contributed by atoms with Gasteiger partial charge in [0.1, 0.15) is 12.3 Å². The number of carbonyl (C=O) groups is 1. The lowest BCUT2D eigenvalue weighted by atomic mass is 10.1. The number of halogens is 1. The van der Waals surface area contributed by atoms with Gasteiger partial charge in [0, 0.05) is 34.0 Å². The van der Waals surface area contributed by atoms with Gasteiger partial charge in [-0.1, -0.05) is 48.0 Å². The summed E-state index contributed by atoms with van der Waals surface area (Å²) in [4.78, 5) is 13.3. The molecule has 0 aliphatic carbocycles. The molecule has 1 N–H and O–H groups in total. The molecule has 0 saturated heterocycles. The number of anilines is 2. The third kappa shape index (κ3) is 4.68. The van der Waals surface area contributed by atoms with Gasteiger partial charge >= 0.3 is 0 Å². The second kappa shape index (κ2) is 10.4. The number of ether oxygens (including phenoxy) is 1. The van der Waals surface area contributed by atoms with Gasteiger partial charge in [-0.25, -0.2) is 8.42 Å². The van der Waals surface area contributed by atoms with Gasteiger partial charge in [-0.15, -0.1) is 0 Å². The maximum atomic E-state index is 13.6. The predicted octanol–water partition coefficient (Wildman–Crippen LogP) is 6.31. The van der Waals surface area contributed by atoms with Crippen molar-refractivity contribution in [3.05, 3.63) is 96.0 Å². The number of rotatable bonds is 8. The highest BCUT2D eigenvalue weighted by Gasteiger charge is 2.28. The van der Waals surface area contributed by atoms with Crippen LogP contribution in [0.15, 0.2) is 95.9 Å². The van der Waals surface area contributed by atoms with Crippen LogP contribution in [0.25, 0.3) is 21.8 Å². The highest BCUT2D eigenvalue weighted by Crippen LogP contribution is 2.33. The minimum atomic E-state index is -4.07. The Morgan fingerprint density at radius 2 is 1.63 bits per heavy atom. The van der Waals surface area contributed by atoms with Crippen molar-refractivity contribution < 1.29 is 17.9 Å². The van der Waals surface area contributed by atoms with E-state index in [-0.39, 0.29) is 15.6 Å². The van der Waals surface area contributed by atoms with Crippen molar-refractivity contribution in [3.8, 4) is 5.75 Å². The summed E-state index contributed by atoms with van der Waals surface area (Å²) in [5.74, 6) is -0.0912. The summed E-state index contributed by atoms with van der Waals surface area (Å²) in [5.41, 5.74) is 3.00. The first-order valence-electron chi connectivity index (χ1n) is 12.1. The zero-order valence-electron chi connectivity index (χ0n) is 20.9. The topological polar surface area (TPSA) is 80.6 Å². The molecule has 0 saturated carbocycles. The number of methoxy groups -OCH3 is 1. The Bertz CT molecular complexity index is 1750. The number of benzene rings is 4. The fourth-order valence-corrected chi connectivity index (χ4v) is 6.33. The van der Waals surface area contributed by atoms with E-state index < -0.39 is 22.5 Å². The fraction of sp³-hybridized carbons (Fsp3) is 0.138. The van der Waals surface area contributed by atoms with E-state index in [1.165, 1.54) is 25.3 Å². The number of para-hydroxylation sites is 1. The molecule has 7 nitrogen and oxygen atoms in total. The van der Waals surface area contributed by atoms with Crippen LogP contribution < -0.4 is 14.4 Å². The average molecular weight is 548 g/mol. The molecule has 0 aliphatic heterocycles. The smallest absolute Gasteiger partial charge is 0.264 e. The molecule has 5 rings (SSSR count). The van der Waals surface area contributed by atoms with Crippen molar-refractivity contribution in [2.45, 2.75) is 18.4 Å².